The lowest BCUT2D eigenvalue weighted by Crippen LogP contribution is -2.34. The lowest BCUT2D eigenvalue weighted by atomic mass is 10.2. The van der Waals surface area contributed by atoms with Gasteiger partial charge in [0.25, 0.3) is 0 Å². The number of anilines is 1. The van der Waals surface area contributed by atoms with Gasteiger partial charge in [-0.15, -0.1) is 0 Å². The molecule has 0 radical (unpaired) electrons. The number of likely N-dealkylation sites (tertiary alicyclic amines) is 1. The van der Waals surface area contributed by atoms with E-state index in [-0.39, 0.29) is 18.4 Å². The Morgan fingerprint density at radius 3 is 2.60 bits per heavy atom. The number of benzene rings is 1. The molecule has 1 aromatic carbocycles. The topological polar surface area (TPSA) is 89.4 Å². The number of nitrogens with two attached hydrogens (primary N) is 1. The van der Waals surface area contributed by atoms with Gasteiger partial charge >= 0.3 is 0 Å². The van der Waals surface area contributed by atoms with Gasteiger partial charge in [-0.3, -0.25) is 14.5 Å². The minimum atomic E-state index is -0.158. The molecule has 1 saturated heterocycles. The molecule has 6 nitrogen and oxygen atoms in total. The SMILES string of the molecule is Nc1ccc2nc(CN3C(=O)CCCCC3=O)oc2c1. The van der Waals surface area contributed by atoms with Gasteiger partial charge in [-0.1, -0.05) is 0 Å². The van der Waals surface area contributed by atoms with Crippen molar-refractivity contribution in [2.45, 2.75) is 32.2 Å². The number of aromatic nitrogens is 1. The van der Waals surface area contributed by atoms with Crippen molar-refractivity contribution >= 4 is 28.6 Å². The third-order valence-electron chi connectivity index (χ3n) is 3.38. The Bertz CT molecular complexity index is 659. The molecule has 2 aromatic rings. The van der Waals surface area contributed by atoms with Crippen molar-refractivity contribution in [2.24, 2.45) is 0 Å². The Kier molecular flexibility index (Phi) is 3.14. The lowest BCUT2D eigenvalue weighted by molar-refractivity contribution is -0.144. The Labute approximate surface area is 115 Å². The Morgan fingerprint density at radius 1 is 1.20 bits per heavy atom. The van der Waals surface area contributed by atoms with Gasteiger partial charge in [0.1, 0.15) is 12.1 Å². The Morgan fingerprint density at radius 2 is 1.90 bits per heavy atom. The van der Waals surface area contributed by atoms with Gasteiger partial charge in [0.2, 0.25) is 17.7 Å². The summed E-state index contributed by atoms with van der Waals surface area (Å²) in [7, 11) is 0. The van der Waals surface area contributed by atoms with Crippen LogP contribution in [0.1, 0.15) is 31.6 Å². The number of nitrogen functional groups attached to an aromatic ring is 1. The van der Waals surface area contributed by atoms with E-state index < -0.39 is 0 Å². The molecule has 2 amide bonds. The third-order valence-corrected chi connectivity index (χ3v) is 3.38. The number of carbonyl (C=O) groups is 2. The Hall–Kier alpha value is -2.37. The van der Waals surface area contributed by atoms with Crippen molar-refractivity contribution in [3.05, 3.63) is 24.1 Å². The van der Waals surface area contributed by atoms with Crippen LogP contribution in [0.15, 0.2) is 22.6 Å². The highest BCUT2D eigenvalue weighted by atomic mass is 16.3. The van der Waals surface area contributed by atoms with Crippen molar-refractivity contribution in [1.29, 1.82) is 0 Å². The molecule has 0 aliphatic carbocycles. The number of nitrogens with zero attached hydrogens (tertiary/aromatic N) is 2. The first kappa shape index (κ1) is 12.7. The maximum Gasteiger partial charge on any atom is 0.229 e. The second-order valence-electron chi connectivity index (χ2n) is 4.92. The fraction of sp³-hybridized carbons (Fsp3) is 0.357. The van der Waals surface area contributed by atoms with E-state index in [9.17, 15) is 9.59 Å². The van der Waals surface area contributed by atoms with E-state index in [0.29, 0.717) is 35.5 Å². The number of oxazole rings is 1. The largest absolute Gasteiger partial charge is 0.439 e. The summed E-state index contributed by atoms with van der Waals surface area (Å²) in [6, 6.07) is 5.17. The van der Waals surface area contributed by atoms with E-state index in [1.807, 2.05) is 0 Å². The predicted octanol–water partition coefficient (Wildman–Crippen LogP) is 1.84. The third kappa shape index (κ3) is 2.36. The average molecular weight is 273 g/mol. The quantitative estimate of drug-likeness (QED) is 0.666. The maximum atomic E-state index is 11.9. The molecule has 104 valence electrons. The predicted molar refractivity (Wildman–Crippen MR) is 72.4 cm³/mol. The molecule has 20 heavy (non-hydrogen) atoms. The van der Waals surface area contributed by atoms with Gasteiger partial charge in [-0.25, -0.2) is 4.98 Å². The summed E-state index contributed by atoms with van der Waals surface area (Å²) in [6.45, 7) is 0.0895. The van der Waals surface area contributed by atoms with Crippen LogP contribution in [0.4, 0.5) is 5.69 Å². The van der Waals surface area contributed by atoms with Crippen LogP contribution in [0.2, 0.25) is 0 Å². The second-order valence-corrected chi connectivity index (χ2v) is 4.92. The van der Waals surface area contributed by atoms with Gasteiger partial charge in [0, 0.05) is 24.6 Å². The van der Waals surface area contributed by atoms with Crippen LogP contribution in [0, 0.1) is 0 Å². The molecule has 1 fully saturated rings. The zero-order valence-electron chi connectivity index (χ0n) is 11.0. The minimum Gasteiger partial charge on any atom is -0.439 e. The smallest absolute Gasteiger partial charge is 0.229 e. The van der Waals surface area contributed by atoms with E-state index in [2.05, 4.69) is 4.98 Å². The van der Waals surface area contributed by atoms with Crippen molar-refractivity contribution in [1.82, 2.24) is 9.88 Å². The molecule has 0 atom stereocenters. The monoisotopic (exact) mass is 273 g/mol. The molecule has 0 spiro atoms. The number of rotatable bonds is 2. The van der Waals surface area contributed by atoms with Crippen molar-refractivity contribution in [3.8, 4) is 0 Å². The van der Waals surface area contributed by atoms with Crippen molar-refractivity contribution in [2.75, 3.05) is 5.73 Å². The number of hydrogen-bond acceptors (Lipinski definition) is 5. The highest BCUT2D eigenvalue weighted by Gasteiger charge is 2.25. The summed E-state index contributed by atoms with van der Waals surface area (Å²) < 4.78 is 5.55. The van der Waals surface area contributed by atoms with Crippen LogP contribution in [0.3, 0.4) is 0 Å². The second kappa shape index (κ2) is 4.96. The first-order valence-electron chi connectivity index (χ1n) is 6.61. The number of amides is 2. The fourth-order valence-electron chi connectivity index (χ4n) is 2.33. The summed E-state index contributed by atoms with van der Waals surface area (Å²) in [5.74, 6) is 0.0396. The lowest BCUT2D eigenvalue weighted by Gasteiger charge is -2.16. The number of imide groups is 1. The van der Waals surface area contributed by atoms with E-state index in [1.165, 1.54) is 4.90 Å². The van der Waals surface area contributed by atoms with Crippen LogP contribution in [0.5, 0.6) is 0 Å². The molecule has 0 bridgehead atoms. The van der Waals surface area contributed by atoms with E-state index >= 15 is 0 Å². The summed E-state index contributed by atoms with van der Waals surface area (Å²) in [4.78, 5) is 29.3. The minimum absolute atomic E-state index is 0.0895. The van der Waals surface area contributed by atoms with E-state index in [0.717, 1.165) is 12.8 Å². The van der Waals surface area contributed by atoms with E-state index in [1.54, 1.807) is 18.2 Å². The zero-order chi connectivity index (χ0) is 14.1. The molecule has 2 heterocycles. The number of fused-ring (bicyclic) bond motifs is 1. The fourth-order valence-corrected chi connectivity index (χ4v) is 2.33. The molecule has 3 rings (SSSR count). The summed E-state index contributed by atoms with van der Waals surface area (Å²) >= 11 is 0. The van der Waals surface area contributed by atoms with Crippen molar-refractivity contribution < 1.29 is 14.0 Å². The first-order chi connectivity index (χ1) is 9.63. The van der Waals surface area contributed by atoms with Gasteiger partial charge in [0.05, 0.1) is 0 Å². The first-order valence-corrected chi connectivity index (χ1v) is 6.61. The summed E-state index contributed by atoms with van der Waals surface area (Å²) in [6.07, 6.45) is 2.31. The average Bonchev–Trinajstić information content (AvgIpc) is 2.74. The molecule has 0 saturated carbocycles. The maximum absolute atomic E-state index is 11.9. The highest BCUT2D eigenvalue weighted by molar-refractivity contribution is 5.95. The van der Waals surface area contributed by atoms with Gasteiger partial charge < -0.3 is 10.2 Å². The van der Waals surface area contributed by atoms with Crippen LogP contribution < -0.4 is 5.73 Å². The summed E-state index contributed by atoms with van der Waals surface area (Å²) in [5.41, 5.74) is 7.50. The van der Waals surface area contributed by atoms with Gasteiger partial charge in [-0.05, 0) is 25.0 Å². The van der Waals surface area contributed by atoms with E-state index in [4.69, 9.17) is 10.2 Å². The summed E-state index contributed by atoms with van der Waals surface area (Å²) in [5, 5.41) is 0. The van der Waals surface area contributed by atoms with Crippen LogP contribution >= 0.6 is 0 Å². The molecule has 6 heteroatoms. The molecule has 2 N–H and O–H groups in total. The van der Waals surface area contributed by atoms with Crippen LogP contribution in [0.25, 0.3) is 11.1 Å². The standard InChI is InChI=1S/C14H15N3O3/c15-9-5-6-10-11(7-9)20-12(16-10)8-17-13(18)3-1-2-4-14(17)19/h5-7H,1-4,8,15H2. The molecule has 1 aliphatic heterocycles. The number of carbonyl (C=O) groups excluding carboxylic acids is 2. The molecule has 0 unspecified atom stereocenters. The van der Waals surface area contributed by atoms with Gasteiger partial charge in [-0.2, -0.15) is 0 Å². The zero-order valence-corrected chi connectivity index (χ0v) is 11.0. The normalized spacial score (nSPS) is 16.7. The molecular weight excluding hydrogens is 258 g/mol. The number of hydrogen-bond donors (Lipinski definition) is 1. The molecule has 1 aliphatic rings. The van der Waals surface area contributed by atoms with Crippen LogP contribution in [-0.2, 0) is 16.1 Å². The van der Waals surface area contributed by atoms with Crippen LogP contribution in [-0.4, -0.2) is 21.7 Å². The highest BCUT2D eigenvalue weighted by Crippen LogP contribution is 2.21. The molecule has 1 aromatic heterocycles. The molecular formula is C14H15N3O3. The van der Waals surface area contributed by atoms with Crippen molar-refractivity contribution in [3.63, 3.8) is 0 Å². The van der Waals surface area contributed by atoms with Gasteiger partial charge in [0.15, 0.2) is 5.58 Å². The Balaban J connectivity index is 1.87.